The number of hydrogen-bond donors (Lipinski definition) is 1. The van der Waals surface area contributed by atoms with E-state index in [1.807, 2.05) is 22.6 Å². The van der Waals surface area contributed by atoms with Crippen molar-refractivity contribution in [2.75, 3.05) is 13.1 Å². The molecule has 0 aromatic carbocycles. The van der Waals surface area contributed by atoms with Crippen molar-refractivity contribution >= 4 is 5.91 Å². The normalized spacial score (nSPS) is 20.7. The zero-order chi connectivity index (χ0) is 14.2. The lowest BCUT2D eigenvalue weighted by Crippen LogP contribution is -2.45. The van der Waals surface area contributed by atoms with E-state index in [-0.39, 0.29) is 17.5 Å². The Morgan fingerprint density at radius 2 is 2.16 bits per heavy atom. The Kier molecular flexibility index (Phi) is 3.67. The molecule has 0 aliphatic carbocycles. The lowest BCUT2D eigenvalue weighted by molar-refractivity contribution is 0.0701. The molecule has 1 aromatic heterocycles. The van der Waals surface area contributed by atoms with Crippen molar-refractivity contribution in [3.8, 4) is 0 Å². The molecule has 2 N–H and O–H groups in total. The van der Waals surface area contributed by atoms with E-state index in [1.54, 1.807) is 0 Å². The van der Waals surface area contributed by atoms with Crippen LogP contribution in [0.1, 0.15) is 49.8 Å². The molecule has 5 heteroatoms. The van der Waals surface area contributed by atoms with Crippen LogP contribution in [-0.2, 0) is 5.54 Å². The third-order valence-electron chi connectivity index (χ3n) is 3.49. The second-order valence-electron chi connectivity index (χ2n) is 6.41. The molecule has 1 aliphatic heterocycles. The van der Waals surface area contributed by atoms with Crippen molar-refractivity contribution in [1.29, 1.82) is 0 Å². The van der Waals surface area contributed by atoms with E-state index in [0.29, 0.717) is 12.2 Å². The molecule has 1 aromatic rings. The number of nitrogens with two attached hydrogens (primary N) is 1. The van der Waals surface area contributed by atoms with Crippen LogP contribution < -0.4 is 5.73 Å². The maximum absolute atomic E-state index is 12.4. The summed E-state index contributed by atoms with van der Waals surface area (Å²) < 4.78 is 1.91. The summed E-state index contributed by atoms with van der Waals surface area (Å²) in [5.74, 6) is 0.00116. The summed E-state index contributed by atoms with van der Waals surface area (Å²) in [5.41, 5.74) is 7.36. The van der Waals surface area contributed by atoms with Gasteiger partial charge in [-0.1, -0.05) is 0 Å². The van der Waals surface area contributed by atoms with E-state index in [4.69, 9.17) is 5.73 Å². The third kappa shape index (κ3) is 2.97. The Morgan fingerprint density at radius 3 is 2.68 bits per heavy atom. The summed E-state index contributed by atoms with van der Waals surface area (Å²) in [6.45, 7) is 9.65. The number of nitrogens with zero attached hydrogens (tertiary/aromatic N) is 3. The van der Waals surface area contributed by atoms with Gasteiger partial charge in [-0.25, -0.2) is 0 Å². The molecule has 1 unspecified atom stereocenters. The second-order valence-corrected chi connectivity index (χ2v) is 6.41. The molecule has 0 saturated carbocycles. The quantitative estimate of drug-likeness (QED) is 0.836. The van der Waals surface area contributed by atoms with Crippen LogP contribution in [0, 0.1) is 6.92 Å². The summed E-state index contributed by atoms with van der Waals surface area (Å²) >= 11 is 0. The molecule has 2 heterocycles. The van der Waals surface area contributed by atoms with Crippen LogP contribution in [0.4, 0.5) is 0 Å². The van der Waals surface area contributed by atoms with Crippen LogP contribution in [0.3, 0.4) is 0 Å². The largest absolute Gasteiger partial charge is 0.336 e. The number of carbonyl (C=O) groups excluding carboxylic acids is 1. The van der Waals surface area contributed by atoms with E-state index in [2.05, 4.69) is 25.9 Å². The van der Waals surface area contributed by atoms with Crippen LogP contribution in [-0.4, -0.2) is 39.7 Å². The molecule has 1 amide bonds. The van der Waals surface area contributed by atoms with Gasteiger partial charge in [-0.2, -0.15) is 5.10 Å². The molecule has 0 bridgehead atoms. The summed E-state index contributed by atoms with van der Waals surface area (Å²) in [6.07, 6.45) is 1.98. The molecule has 1 atom stereocenters. The highest BCUT2D eigenvalue weighted by atomic mass is 16.2. The fraction of sp³-hybridized carbons (Fsp3) is 0.714. The minimum atomic E-state index is -0.110. The lowest BCUT2D eigenvalue weighted by Gasteiger charge is -2.30. The lowest BCUT2D eigenvalue weighted by atomic mass is 10.1. The average Bonchev–Trinajstić information content (AvgIpc) is 2.70. The fourth-order valence-corrected chi connectivity index (χ4v) is 2.61. The molecule has 106 valence electrons. The highest BCUT2D eigenvalue weighted by Gasteiger charge is 2.26. The minimum Gasteiger partial charge on any atom is -0.336 e. The first kappa shape index (κ1) is 14.1. The van der Waals surface area contributed by atoms with Gasteiger partial charge in [0.15, 0.2) is 5.69 Å². The van der Waals surface area contributed by atoms with E-state index in [1.165, 1.54) is 0 Å². The predicted molar refractivity (Wildman–Crippen MR) is 75.1 cm³/mol. The topological polar surface area (TPSA) is 64.2 Å². The SMILES string of the molecule is Cc1cc(C(=O)N2CCCC(N)C2)nn1C(C)(C)C. The Labute approximate surface area is 114 Å². The number of amides is 1. The van der Waals surface area contributed by atoms with Crippen LogP contribution in [0.2, 0.25) is 0 Å². The standard InChI is InChI=1S/C14H24N4O/c1-10-8-12(16-18(10)14(2,3)4)13(19)17-7-5-6-11(15)9-17/h8,11H,5-7,9,15H2,1-4H3. The summed E-state index contributed by atoms with van der Waals surface area (Å²) in [7, 11) is 0. The second kappa shape index (κ2) is 4.96. The zero-order valence-corrected chi connectivity index (χ0v) is 12.3. The van der Waals surface area contributed by atoms with Gasteiger partial charge in [0.2, 0.25) is 0 Å². The van der Waals surface area contributed by atoms with E-state index in [9.17, 15) is 4.79 Å². The van der Waals surface area contributed by atoms with Crippen molar-refractivity contribution in [1.82, 2.24) is 14.7 Å². The van der Waals surface area contributed by atoms with Gasteiger partial charge in [0.1, 0.15) is 0 Å². The highest BCUT2D eigenvalue weighted by molar-refractivity contribution is 5.92. The van der Waals surface area contributed by atoms with Gasteiger partial charge in [-0.15, -0.1) is 0 Å². The number of likely N-dealkylation sites (tertiary alicyclic amines) is 1. The van der Waals surface area contributed by atoms with Gasteiger partial charge in [0.05, 0.1) is 5.54 Å². The molecule has 1 aliphatic rings. The molecule has 0 spiro atoms. The number of aromatic nitrogens is 2. The first-order valence-corrected chi connectivity index (χ1v) is 6.91. The van der Waals surface area contributed by atoms with Crippen LogP contribution in [0.25, 0.3) is 0 Å². The van der Waals surface area contributed by atoms with Gasteiger partial charge in [-0.05, 0) is 46.6 Å². The molecule has 1 saturated heterocycles. The van der Waals surface area contributed by atoms with Crippen LogP contribution in [0.5, 0.6) is 0 Å². The molecule has 1 fully saturated rings. The Balaban J connectivity index is 2.20. The summed E-state index contributed by atoms with van der Waals surface area (Å²) in [4.78, 5) is 14.3. The van der Waals surface area contributed by atoms with Gasteiger partial charge < -0.3 is 10.6 Å². The zero-order valence-electron chi connectivity index (χ0n) is 12.3. The van der Waals surface area contributed by atoms with Crippen molar-refractivity contribution in [3.63, 3.8) is 0 Å². The Hall–Kier alpha value is -1.36. The van der Waals surface area contributed by atoms with Crippen molar-refractivity contribution < 1.29 is 4.79 Å². The monoisotopic (exact) mass is 264 g/mol. The van der Waals surface area contributed by atoms with Gasteiger partial charge in [0, 0.05) is 24.8 Å². The maximum Gasteiger partial charge on any atom is 0.274 e. The minimum absolute atomic E-state index is 0.00116. The van der Waals surface area contributed by atoms with Crippen LogP contribution >= 0.6 is 0 Å². The molecule has 19 heavy (non-hydrogen) atoms. The third-order valence-corrected chi connectivity index (χ3v) is 3.49. The van der Waals surface area contributed by atoms with Crippen molar-refractivity contribution in [2.24, 2.45) is 5.73 Å². The van der Waals surface area contributed by atoms with Gasteiger partial charge in [-0.3, -0.25) is 9.48 Å². The predicted octanol–water partition coefficient (Wildman–Crippen LogP) is 1.51. The first-order chi connectivity index (χ1) is 8.79. The molecule has 2 rings (SSSR count). The van der Waals surface area contributed by atoms with Crippen LogP contribution in [0.15, 0.2) is 6.07 Å². The average molecular weight is 264 g/mol. The first-order valence-electron chi connectivity index (χ1n) is 6.91. The number of rotatable bonds is 1. The summed E-state index contributed by atoms with van der Waals surface area (Å²) in [5, 5.41) is 4.47. The van der Waals surface area contributed by atoms with Gasteiger partial charge >= 0.3 is 0 Å². The molecular formula is C14H24N4O. The Morgan fingerprint density at radius 1 is 1.47 bits per heavy atom. The molecular weight excluding hydrogens is 240 g/mol. The number of piperidine rings is 1. The van der Waals surface area contributed by atoms with E-state index in [0.717, 1.165) is 25.1 Å². The molecule has 5 nitrogen and oxygen atoms in total. The van der Waals surface area contributed by atoms with E-state index < -0.39 is 0 Å². The number of hydrogen-bond acceptors (Lipinski definition) is 3. The Bertz CT molecular complexity index is 472. The maximum atomic E-state index is 12.4. The highest BCUT2D eigenvalue weighted by Crippen LogP contribution is 2.18. The smallest absolute Gasteiger partial charge is 0.274 e. The summed E-state index contributed by atoms with van der Waals surface area (Å²) in [6, 6.07) is 1.97. The number of aryl methyl sites for hydroxylation is 1. The van der Waals surface area contributed by atoms with E-state index >= 15 is 0 Å². The molecule has 0 radical (unpaired) electrons. The fourth-order valence-electron chi connectivity index (χ4n) is 2.61. The van der Waals surface area contributed by atoms with Crippen molar-refractivity contribution in [3.05, 3.63) is 17.5 Å². The van der Waals surface area contributed by atoms with Crippen molar-refractivity contribution in [2.45, 2.75) is 52.1 Å². The van der Waals surface area contributed by atoms with Gasteiger partial charge in [0.25, 0.3) is 5.91 Å². The number of carbonyl (C=O) groups is 1.